The summed E-state index contributed by atoms with van der Waals surface area (Å²) in [6.45, 7) is 0.357. The van der Waals surface area contributed by atoms with Crippen molar-refractivity contribution in [2.75, 3.05) is 14.2 Å². The Morgan fingerprint density at radius 2 is 1.53 bits per heavy atom. The van der Waals surface area contributed by atoms with Crippen molar-refractivity contribution in [1.29, 1.82) is 0 Å². The average molecular weight is 262 g/mol. The van der Waals surface area contributed by atoms with Gasteiger partial charge < -0.3 is 19.9 Å². The van der Waals surface area contributed by atoms with Gasteiger partial charge in [0.25, 0.3) is 0 Å². The minimum Gasteiger partial charge on any atom is -0.467 e. The first-order valence-electron chi connectivity index (χ1n) is 5.56. The highest BCUT2D eigenvalue weighted by atomic mass is 16.5. The fourth-order valence-corrected chi connectivity index (χ4v) is 1.42. The van der Waals surface area contributed by atoms with Crippen molar-refractivity contribution in [2.45, 2.75) is 6.54 Å². The molecule has 0 fully saturated rings. The van der Waals surface area contributed by atoms with Gasteiger partial charge in [-0.3, -0.25) is 0 Å². The zero-order valence-corrected chi connectivity index (χ0v) is 10.7. The molecule has 7 nitrogen and oxygen atoms in total. The SMILES string of the molecule is COc1nc(OC)nc(Oc2ccccc2CN)n1. The van der Waals surface area contributed by atoms with Crippen LogP contribution in [0, 0.1) is 0 Å². The summed E-state index contributed by atoms with van der Waals surface area (Å²) >= 11 is 0. The van der Waals surface area contributed by atoms with Crippen LogP contribution in [-0.2, 0) is 6.54 Å². The molecular weight excluding hydrogens is 248 g/mol. The van der Waals surface area contributed by atoms with Crippen molar-refractivity contribution in [2.24, 2.45) is 5.73 Å². The van der Waals surface area contributed by atoms with Crippen molar-refractivity contribution in [3.63, 3.8) is 0 Å². The molecule has 0 bridgehead atoms. The second-order valence-corrected chi connectivity index (χ2v) is 3.51. The molecule has 0 unspecified atom stereocenters. The van der Waals surface area contributed by atoms with Gasteiger partial charge in [-0.2, -0.15) is 0 Å². The fourth-order valence-electron chi connectivity index (χ4n) is 1.42. The maximum absolute atomic E-state index is 5.63. The van der Waals surface area contributed by atoms with E-state index in [1.165, 1.54) is 14.2 Å². The zero-order chi connectivity index (χ0) is 13.7. The minimum atomic E-state index is 0.0876. The summed E-state index contributed by atoms with van der Waals surface area (Å²) in [6.07, 6.45) is 0. The first-order valence-corrected chi connectivity index (χ1v) is 5.56. The number of methoxy groups -OCH3 is 2. The molecule has 1 heterocycles. The van der Waals surface area contributed by atoms with Gasteiger partial charge >= 0.3 is 18.0 Å². The number of ether oxygens (including phenoxy) is 3. The molecular formula is C12H14N4O3. The minimum absolute atomic E-state index is 0.0876. The normalized spacial score (nSPS) is 10.1. The first-order chi connectivity index (χ1) is 9.26. The molecule has 0 aliphatic heterocycles. The molecule has 0 amide bonds. The number of aromatic nitrogens is 3. The van der Waals surface area contributed by atoms with Gasteiger partial charge in [-0.25, -0.2) is 0 Å². The van der Waals surface area contributed by atoms with E-state index in [9.17, 15) is 0 Å². The Morgan fingerprint density at radius 1 is 0.947 bits per heavy atom. The van der Waals surface area contributed by atoms with Crippen LogP contribution in [0.5, 0.6) is 23.8 Å². The Labute approximate surface area is 110 Å². The van der Waals surface area contributed by atoms with E-state index >= 15 is 0 Å². The summed E-state index contributed by atoms with van der Waals surface area (Å²) in [6, 6.07) is 7.69. The number of hydrogen-bond donors (Lipinski definition) is 1. The molecule has 0 atom stereocenters. The third-order valence-corrected chi connectivity index (χ3v) is 2.33. The molecule has 1 aromatic carbocycles. The molecule has 0 spiro atoms. The van der Waals surface area contributed by atoms with Gasteiger partial charge in [0.2, 0.25) is 0 Å². The highest BCUT2D eigenvalue weighted by molar-refractivity contribution is 5.35. The molecule has 0 saturated heterocycles. The predicted octanol–water partition coefficient (Wildman–Crippen LogP) is 1.14. The van der Waals surface area contributed by atoms with E-state index in [0.717, 1.165) is 5.56 Å². The van der Waals surface area contributed by atoms with Gasteiger partial charge in [0.15, 0.2) is 0 Å². The molecule has 0 aliphatic rings. The third-order valence-electron chi connectivity index (χ3n) is 2.33. The van der Waals surface area contributed by atoms with E-state index in [0.29, 0.717) is 12.3 Å². The fraction of sp³-hybridized carbons (Fsp3) is 0.250. The number of hydrogen-bond acceptors (Lipinski definition) is 7. The van der Waals surface area contributed by atoms with Crippen molar-refractivity contribution >= 4 is 0 Å². The van der Waals surface area contributed by atoms with Crippen molar-refractivity contribution in [3.8, 4) is 23.8 Å². The summed E-state index contributed by atoms with van der Waals surface area (Å²) < 4.78 is 15.5. The van der Waals surface area contributed by atoms with Crippen LogP contribution in [-0.4, -0.2) is 29.2 Å². The molecule has 1 aromatic heterocycles. The van der Waals surface area contributed by atoms with Gasteiger partial charge in [-0.05, 0) is 6.07 Å². The number of benzene rings is 1. The second kappa shape index (κ2) is 5.96. The summed E-state index contributed by atoms with van der Waals surface area (Å²) in [5.41, 5.74) is 6.48. The lowest BCUT2D eigenvalue weighted by Crippen LogP contribution is -2.03. The zero-order valence-electron chi connectivity index (χ0n) is 10.7. The highest BCUT2D eigenvalue weighted by Gasteiger charge is 2.10. The van der Waals surface area contributed by atoms with E-state index < -0.39 is 0 Å². The second-order valence-electron chi connectivity index (χ2n) is 3.51. The largest absolute Gasteiger partial charge is 0.467 e. The van der Waals surface area contributed by atoms with Crippen LogP contribution in [0.1, 0.15) is 5.56 Å². The van der Waals surface area contributed by atoms with Crippen molar-refractivity contribution in [3.05, 3.63) is 29.8 Å². The highest BCUT2D eigenvalue weighted by Crippen LogP contribution is 2.24. The maximum Gasteiger partial charge on any atom is 0.331 e. The van der Waals surface area contributed by atoms with Crippen LogP contribution in [0.25, 0.3) is 0 Å². The molecule has 2 aromatic rings. The van der Waals surface area contributed by atoms with Crippen LogP contribution in [0.3, 0.4) is 0 Å². The molecule has 2 rings (SSSR count). The number of nitrogens with two attached hydrogens (primary N) is 1. The molecule has 7 heteroatoms. The standard InChI is InChI=1S/C12H14N4O3/c1-17-10-14-11(18-2)16-12(15-10)19-9-6-4-3-5-8(9)7-13/h3-6H,7,13H2,1-2H3. The molecule has 0 radical (unpaired) electrons. The van der Waals surface area contributed by atoms with Gasteiger partial charge in [-0.1, -0.05) is 18.2 Å². The first kappa shape index (κ1) is 13.0. The van der Waals surface area contributed by atoms with Crippen LogP contribution in [0.15, 0.2) is 24.3 Å². The average Bonchev–Trinajstić information content (AvgIpc) is 2.47. The van der Waals surface area contributed by atoms with Crippen LogP contribution >= 0.6 is 0 Å². The van der Waals surface area contributed by atoms with Crippen LogP contribution < -0.4 is 19.9 Å². The number of nitrogens with zero attached hydrogens (tertiary/aromatic N) is 3. The summed E-state index contributed by atoms with van der Waals surface area (Å²) in [5, 5.41) is 0. The smallest absolute Gasteiger partial charge is 0.331 e. The van der Waals surface area contributed by atoms with Crippen molar-refractivity contribution in [1.82, 2.24) is 15.0 Å². The van der Waals surface area contributed by atoms with Gasteiger partial charge in [-0.15, -0.1) is 15.0 Å². The van der Waals surface area contributed by atoms with Crippen molar-refractivity contribution < 1.29 is 14.2 Å². The summed E-state index contributed by atoms with van der Waals surface area (Å²) in [5.74, 6) is 0.584. The van der Waals surface area contributed by atoms with Crippen LogP contribution in [0.2, 0.25) is 0 Å². The maximum atomic E-state index is 5.63. The lowest BCUT2D eigenvalue weighted by atomic mass is 10.2. The van der Waals surface area contributed by atoms with E-state index in [2.05, 4.69) is 15.0 Å². The summed E-state index contributed by atoms with van der Waals surface area (Å²) in [7, 11) is 2.90. The van der Waals surface area contributed by atoms with E-state index in [-0.39, 0.29) is 18.0 Å². The van der Waals surface area contributed by atoms with E-state index in [1.807, 2.05) is 18.2 Å². The third kappa shape index (κ3) is 3.08. The topological polar surface area (TPSA) is 92.4 Å². The van der Waals surface area contributed by atoms with Gasteiger partial charge in [0.05, 0.1) is 14.2 Å². The lowest BCUT2D eigenvalue weighted by molar-refractivity contribution is 0.320. The van der Waals surface area contributed by atoms with E-state index in [4.69, 9.17) is 19.9 Å². The lowest BCUT2D eigenvalue weighted by Gasteiger charge is -2.09. The molecule has 2 N–H and O–H groups in total. The Hall–Kier alpha value is -2.41. The van der Waals surface area contributed by atoms with E-state index in [1.54, 1.807) is 6.07 Å². The molecule has 100 valence electrons. The predicted molar refractivity (Wildman–Crippen MR) is 67.3 cm³/mol. The van der Waals surface area contributed by atoms with Crippen LogP contribution in [0.4, 0.5) is 0 Å². The summed E-state index contributed by atoms with van der Waals surface area (Å²) in [4.78, 5) is 11.8. The molecule has 0 aliphatic carbocycles. The monoisotopic (exact) mass is 262 g/mol. The molecule has 0 saturated carbocycles. The quantitative estimate of drug-likeness (QED) is 0.863. The Bertz CT molecular complexity index is 540. The Balaban J connectivity index is 2.32. The number of para-hydroxylation sites is 1. The Morgan fingerprint density at radius 3 is 2.11 bits per heavy atom. The molecule has 19 heavy (non-hydrogen) atoms. The number of rotatable bonds is 5. The Kier molecular flexibility index (Phi) is 4.09. The van der Waals surface area contributed by atoms with Gasteiger partial charge in [0.1, 0.15) is 5.75 Å². The van der Waals surface area contributed by atoms with Gasteiger partial charge in [0, 0.05) is 12.1 Å².